The lowest BCUT2D eigenvalue weighted by Gasteiger charge is -2.37. The Morgan fingerprint density at radius 2 is 1.77 bits per heavy atom. The van der Waals surface area contributed by atoms with Crippen LogP contribution in [0.3, 0.4) is 0 Å². The summed E-state index contributed by atoms with van der Waals surface area (Å²) in [5, 5.41) is 6.42. The Hall–Kier alpha value is -2.29. The van der Waals surface area contributed by atoms with Crippen molar-refractivity contribution in [3.8, 4) is 0 Å². The molecule has 0 saturated carbocycles. The summed E-state index contributed by atoms with van der Waals surface area (Å²) < 4.78 is 0. The summed E-state index contributed by atoms with van der Waals surface area (Å²) in [5.41, 5.74) is 3.23. The average molecular weight is 521 g/mol. The molecule has 1 heterocycles. The van der Waals surface area contributed by atoms with Crippen molar-refractivity contribution in [2.75, 3.05) is 43.4 Å². The summed E-state index contributed by atoms with van der Waals surface area (Å²) in [4.78, 5) is 21.0. The number of halogens is 1. The van der Waals surface area contributed by atoms with Gasteiger partial charge in [-0.3, -0.25) is 9.79 Å². The summed E-state index contributed by atoms with van der Waals surface area (Å²) in [6.07, 6.45) is 1.39. The van der Waals surface area contributed by atoms with Crippen LogP contribution in [0, 0.1) is 0 Å². The van der Waals surface area contributed by atoms with Crippen LogP contribution < -0.4 is 15.5 Å². The highest BCUT2D eigenvalue weighted by molar-refractivity contribution is 14.0. The average Bonchev–Trinajstić information content (AvgIpc) is 2.76. The lowest BCUT2D eigenvalue weighted by Crippen LogP contribution is -2.52. The number of benzene rings is 2. The molecule has 30 heavy (non-hydrogen) atoms. The van der Waals surface area contributed by atoms with Crippen molar-refractivity contribution in [2.24, 2.45) is 4.99 Å². The molecule has 0 bridgehead atoms. The van der Waals surface area contributed by atoms with Gasteiger partial charge in [0, 0.05) is 57.6 Å². The molecule has 0 radical (unpaired) electrons. The van der Waals surface area contributed by atoms with Gasteiger partial charge in [0.05, 0.1) is 0 Å². The van der Waals surface area contributed by atoms with Gasteiger partial charge < -0.3 is 20.4 Å². The largest absolute Gasteiger partial charge is 0.368 e. The van der Waals surface area contributed by atoms with Crippen LogP contribution >= 0.6 is 24.0 Å². The first kappa shape index (κ1) is 24.0. The molecule has 0 unspecified atom stereocenters. The lowest BCUT2D eigenvalue weighted by molar-refractivity contribution is -0.116. The van der Waals surface area contributed by atoms with Gasteiger partial charge in [-0.25, -0.2) is 0 Å². The Kier molecular flexibility index (Phi) is 9.93. The number of carbonyl (C=O) groups is 1. The number of hydrogen-bond donors (Lipinski definition) is 2. The fraction of sp³-hybridized carbons (Fsp3) is 0.391. The molecular formula is C23H32IN5O. The molecule has 1 aliphatic rings. The van der Waals surface area contributed by atoms with Gasteiger partial charge in [-0.15, -0.1) is 24.0 Å². The number of anilines is 2. The number of carbonyl (C=O) groups excluding carboxylic acids is 1. The van der Waals surface area contributed by atoms with Crippen LogP contribution in [0.25, 0.3) is 0 Å². The Labute approximate surface area is 196 Å². The highest BCUT2D eigenvalue weighted by Crippen LogP contribution is 2.16. The topological polar surface area (TPSA) is 60.0 Å². The Balaban J connectivity index is 0.00000320. The number of nitrogens with one attached hydrogen (secondary N) is 2. The first-order valence-electron chi connectivity index (χ1n) is 10.3. The molecule has 0 aliphatic carbocycles. The Morgan fingerprint density at radius 1 is 1.03 bits per heavy atom. The number of aliphatic imine (C=N–C) groups is 1. The van der Waals surface area contributed by atoms with Crippen molar-refractivity contribution >= 4 is 47.2 Å². The van der Waals surface area contributed by atoms with E-state index in [1.165, 1.54) is 5.69 Å². The molecule has 1 amide bonds. The molecule has 7 heteroatoms. The van der Waals surface area contributed by atoms with Crippen molar-refractivity contribution in [1.82, 2.24) is 10.2 Å². The number of piperazine rings is 1. The maximum Gasteiger partial charge on any atom is 0.224 e. The number of amides is 1. The number of rotatable bonds is 6. The summed E-state index contributed by atoms with van der Waals surface area (Å²) in [5.74, 6) is 0.975. The first-order valence-corrected chi connectivity index (χ1v) is 10.3. The van der Waals surface area contributed by atoms with Crippen LogP contribution in [0.2, 0.25) is 0 Å². The predicted molar refractivity (Wildman–Crippen MR) is 136 cm³/mol. The van der Waals surface area contributed by atoms with Crippen molar-refractivity contribution < 1.29 is 4.79 Å². The van der Waals surface area contributed by atoms with Gasteiger partial charge in [-0.1, -0.05) is 37.3 Å². The minimum atomic E-state index is 0. The minimum absolute atomic E-state index is 0. The molecule has 2 N–H and O–H groups in total. The highest BCUT2D eigenvalue weighted by atomic mass is 127. The number of para-hydroxylation sites is 1. The number of nitrogens with zero attached hydrogens (tertiary/aromatic N) is 3. The molecule has 1 fully saturated rings. The second kappa shape index (κ2) is 12.4. The van der Waals surface area contributed by atoms with E-state index in [9.17, 15) is 4.79 Å². The maximum atomic E-state index is 11.8. The van der Waals surface area contributed by atoms with Gasteiger partial charge >= 0.3 is 0 Å². The number of hydrogen-bond acceptors (Lipinski definition) is 3. The first-order chi connectivity index (χ1) is 14.2. The lowest BCUT2D eigenvalue weighted by atomic mass is 10.2. The zero-order chi connectivity index (χ0) is 20.5. The van der Waals surface area contributed by atoms with E-state index in [-0.39, 0.29) is 29.9 Å². The minimum Gasteiger partial charge on any atom is -0.368 e. The second-order valence-electron chi connectivity index (χ2n) is 7.21. The van der Waals surface area contributed by atoms with E-state index in [2.05, 4.69) is 61.8 Å². The van der Waals surface area contributed by atoms with Crippen molar-refractivity contribution in [2.45, 2.75) is 26.3 Å². The van der Waals surface area contributed by atoms with Gasteiger partial charge in [0.1, 0.15) is 0 Å². The van der Waals surface area contributed by atoms with Gasteiger partial charge in [-0.05, 0) is 36.2 Å². The van der Waals surface area contributed by atoms with E-state index in [0.29, 0.717) is 13.0 Å². The third kappa shape index (κ3) is 6.90. The smallest absolute Gasteiger partial charge is 0.224 e. The van der Waals surface area contributed by atoms with E-state index >= 15 is 0 Å². The Bertz CT molecular complexity index is 819. The van der Waals surface area contributed by atoms with Crippen LogP contribution in [-0.4, -0.2) is 50.0 Å². The standard InChI is InChI=1S/C23H31N5O.HI/c1-3-8-22(29)26-20-10-7-9-19(17-20)18-25-23(24-2)28-15-13-27(14-16-28)21-11-5-4-6-12-21;/h4-7,9-12,17H,3,8,13-16,18H2,1-2H3,(H,24,25)(H,26,29);1H. The van der Waals surface area contributed by atoms with E-state index in [0.717, 1.165) is 49.8 Å². The fourth-order valence-electron chi connectivity index (χ4n) is 3.54. The summed E-state index contributed by atoms with van der Waals surface area (Å²) >= 11 is 0. The number of guanidine groups is 1. The summed E-state index contributed by atoms with van der Waals surface area (Å²) in [6, 6.07) is 18.5. The van der Waals surface area contributed by atoms with Crippen LogP contribution in [0.5, 0.6) is 0 Å². The molecule has 1 aliphatic heterocycles. The van der Waals surface area contributed by atoms with Gasteiger partial charge in [0.2, 0.25) is 5.91 Å². The molecule has 0 aromatic heterocycles. The SMILES string of the molecule is CCCC(=O)Nc1cccc(CNC(=NC)N2CCN(c3ccccc3)CC2)c1.I. The molecule has 162 valence electrons. The molecule has 2 aromatic carbocycles. The third-order valence-electron chi connectivity index (χ3n) is 5.05. The maximum absolute atomic E-state index is 11.8. The zero-order valence-corrected chi connectivity index (χ0v) is 20.1. The monoisotopic (exact) mass is 521 g/mol. The van der Waals surface area contributed by atoms with E-state index < -0.39 is 0 Å². The quantitative estimate of drug-likeness (QED) is 0.344. The van der Waals surface area contributed by atoms with Crippen LogP contribution in [0.4, 0.5) is 11.4 Å². The molecule has 6 nitrogen and oxygen atoms in total. The van der Waals surface area contributed by atoms with Crippen LogP contribution in [0.15, 0.2) is 59.6 Å². The Morgan fingerprint density at radius 3 is 2.43 bits per heavy atom. The van der Waals surface area contributed by atoms with E-state index in [1.807, 2.05) is 32.2 Å². The molecular weight excluding hydrogens is 489 g/mol. The molecule has 0 spiro atoms. The summed E-state index contributed by atoms with van der Waals surface area (Å²) in [7, 11) is 1.83. The zero-order valence-electron chi connectivity index (χ0n) is 17.8. The fourth-order valence-corrected chi connectivity index (χ4v) is 3.54. The van der Waals surface area contributed by atoms with Crippen molar-refractivity contribution in [3.63, 3.8) is 0 Å². The highest BCUT2D eigenvalue weighted by Gasteiger charge is 2.19. The second-order valence-corrected chi connectivity index (χ2v) is 7.21. The normalized spacial score (nSPS) is 14.1. The molecule has 1 saturated heterocycles. The van der Waals surface area contributed by atoms with Crippen LogP contribution in [-0.2, 0) is 11.3 Å². The van der Waals surface area contributed by atoms with E-state index in [1.54, 1.807) is 0 Å². The van der Waals surface area contributed by atoms with Crippen LogP contribution in [0.1, 0.15) is 25.3 Å². The molecule has 0 atom stereocenters. The molecule has 3 rings (SSSR count). The third-order valence-corrected chi connectivity index (χ3v) is 5.05. The van der Waals surface area contributed by atoms with E-state index in [4.69, 9.17) is 0 Å². The van der Waals surface area contributed by atoms with Gasteiger partial charge in [0.25, 0.3) is 0 Å². The summed E-state index contributed by atoms with van der Waals surface area (Å²) in [6.45, 7) is 6.49. The molecule has 2 aromatic rings. The van der Waals surface area contributed by atoms with Gasteiger partial charge in [-0.2, -0.15) is 0 Å². The van der Waals surface area contributed by atoms with Crippen molar-refractivity contribution in [3.05, 3.63) is 60.2 Å². The van der Waals surface area contributed by atoms with Gasteiger partial charge in [0.15, 0.2) is 5.96 Å². The van der Waals surface area contributed by atoms with Crippen molar-refractivity contribution in [1.29, 1.82) is 0 Å². The predicted octanol–water partition coefficient (Wildman–Crippen LogP) is 3.94.